The lowest BCUT2D eigenvalue weighted by atomic mass is 10.0. The molecule has 42 heavy (non-hydrogen) atoms. The van der Waals surface area contributed by atoms with Gasteiger partial charge in [-0.2, -0.15) is 13.0 Å². The summed E-state index contributed by atoms with van der Waals surface area (Å²) >= 11 is 3.19. The quantitative estimate of drug-likeness (QED) is 0.202. The van der Waals surface area contributed by atoms with Crippen molar-refractivity contribution in [3.8, 4) is 0 Å². The van der Waals surface area contributed by atoms with Gasteiger partial charge in [0.15, 0.2) is 6.54 Å². The van der Waals surface area contributed by atoms with E-state index in [2.05, 4.69) is 29.2 Å². The van der Waals surface area contributed by atoms with Crippen molar-refractivity contribution >= 4 is 65.6 Å². The van der Waals surface area contributed by atoms with Crippen LogP contribution in [-0.2, 0) is 31.5 Å². The molecule has 2 atom stereocenters. The molecule has 0 amide bonds. The normalized spacial score (nSPS) is 20.3. The van der Waals surface area contributed by atoms with Crippen LogP contribution in [0.2, 0.25) is 0 Å². The topological polar surface area (TPSA) is 145 Å². The second-order valence-electron chi connectivity index (χ2n) is 10.1. The van der Waals surface area contributed by atoms with E-state index in [4.69, 9.17) is 4.74 Å². The molecule has 4 rings (SSSR count). The number of thiazole rings is 1. The number of rotatable bonds is 12. The molecule has 2 aliphatic rings. The van der Waals surface area contributed by atoms with Crippen LogP contribution in [0.5, 0.6) is 0 Å². The third kappa shape index (κ3) is 8.32. The predicted molar refractivity (Wildman–Crippen MR) is 165 cm³/mol. The highest BCUT2D eigenvalue weighted by Gasteiger charge is 2.36. The molecule has 1 aliphatic heterocycles. The van der Waals surface area contributed by atoms with Crippen molar-refractivity contribution in [2.45, 2.75) is 50.9 Å². The van der Waals surface area contributed by atoms with E-state index in [9.17, 15) is 30.7 Å². The van der Waals surface area contributed by atoms with E-state index >= 15 is 0 Å². The zero-order valence-corrected chi connectivity index (χ0v) is 26.8. The van der Waals surface area contributed by atoms with E-state index in [1.807, 2.05) is 30.6 Å². The smallest absolute Gasteiger partial charge is 0.338 e. The van der Waals surface area contributed by atoms with Gasteiger partial charge in [0.05, 0.1) is 44.9 Å². The second-order valence-corrected chi connectivity index (χ2v) is 15.5. The lowest BCUT2D eigenvalue weighted by Crippen LogP contribution is -2.36. The summed E-state index contributed by atoms with van der Waals surface area (Å²) in [6.07, 6.45) is 11.6. The van der Waals surface area contributed by atoms with Gasteiger partial charge in [-0.05, 0) is 43.5 Å². The third-order valence-corrected chi connectivity index (χ3v) is 11.0. The minimum absolute atomic E-state index is 0.0464. The SMILES string of the molecule is CCC(=Cc1sc2ccc(C(=O)OC)cc2[n+]1CCCS(=O)(=O)O)C=C1SC2C=CC(C)=CC2N1CCCS(=O)(=O)[O-]. The van der Waals surface area contributed by atoms with Crippen molar-refractivity contribution in [3.05, 3.63) is 69.2 Å². The van der Waals surface area contributed by atoms with Crippen LogP contribution >= 0.6 is 23.1 Å². The number of nitrogens with zero attached hydrogens (tertiary/aromatic N) is 2. The minimum atomic E-state index is -4.31. The van der Waals surface area contributed by atoms with Gasteiger partial charge in [-0.15, -0.1) is 0 Å². The number of hydrogen-bond acceptors (Lipinski definition) is 10. The number of benzene rings is 1. The van der Waals surface area contributed by atoms with Crippen LogP contribution in [-0.4, -0.2) is 73.3 Å². The fraction of sp³-hybridized carbons (Fsp3) is 0.429. The summed E-state index contributed by atoms with van der Waals surface area (Å²) in [4.78, 5) is 14.4. The van der Waals surface area contributed by atoms with Crippen molar-refractivity contribution in [2.75, 3.05) is 25.2 Å². The predicted octanol–water partition coefficient (Wildman–Crippen LogP) is 4.13. The Morgan fingerprint density at radius 3 is 2.64 bits per heavy atom. The van der Waals surface area contributed by atoms with E-state index in [1.165, 1.54) is 18.4 Å². The first-order valence-corrected chi connectivity index (χ1v) is 18.3. The van der Waals surface area contributed by atoms with Crippen LogP contribution in [0.1, 0.15) is 48.5 Å². The summed E-state index contributed by atoms with van der Waals surface area (Å²) < 4.78 is 73.6. The Morgan fingerprint density at radius 1 is 1.21 bits per heavy atom. The largest absolute Gasteiger partial charge is 0.748 e. The summed E-state index contributed by atoms with van der Waals surface area (Å²) in [6, 6.07) is 5.28. The van der Waals surface area contributed by atoms with Crippen molar-refractivity contribution in [3.63, 3.8) is 0 Å². The number of esters is 1. The Hall–Kier alpha value is -2.49. The number of allylic oxidation sites excluding steroid dienone is 4. The monoisotopic (exact) mass is 654 g/mol. The van der Waals surface area contributed by atoms with Crippen LogP contribution < -0.4 is 4.57 Å². The first-order chi connectivity index (χ1) is 19.8. The fourth-order valence-electron chi connectivity index (χ4n) is 4.95. The van der Waals surface area contributed by atoms with Gasteiger partial charge in [0.2, 0.25) is 5.52 Å². The van der Waals surface area contributed by atoms with Crippen LogP contribution in [0.3, 0.4) is 0 Å². The maximum atomic E-state index is 12.2. The Kier molecular flexibility index (Phi) is 10.4. The van der Waals surface area contributed by atoms with Crippen LogP contribution in [0.15, 0.2) is 58.7 Å². The Morgan fingerprint density at radius 2 is 1.98 bits per heavy atom. The Labute approximate surface area is 254 Å². The molecule has 2 aromatic rings. The zero-order valence-electron chi connectivity index (χ0n) is 23.6. The highest BCUT2D eigenvalue weighted by Crippen LogP contribution is 2.43. The molecule has 1 aromatic carbocycles. The number of aromatic nitrogens is 1. The summed E-state index contributed by atoms with van der Waals surface area (Å²) in [5.74, 6) is -1.30. The van der Waals surface area contributed by atoms with Gasteiger partial charge in [-0.25, -0.2) is 13.2 Å². The van der Waals surface area contributed by atoms with Crippen molar-refractivity contribution in [1.82, 2.24) is 4.90 Å². The van der Waals surface area contributed by atoms with Crippen molar-refractivity contribution in [1.29, 1.82) is 0 Å². The summed E-state index contributed by atoms with van der Waals surface area (Å²) in [7, 11) is -7.14. The first kappa shape index (κ1) is 32.4. The second kappa shape index (κ2) is 13.4. The van der Waals surface area contributed by atoms with Crippen molar-refractivity contribution in [2.24, 2.45) is 0 Å². The van der Waals surface area contributed by atoms with E-state index in [0.29, 0.717) is 25.1 Å². The maximum absolute atomic E-state index is 12.2. The molecule has 0 spiro atoms. The van der Waals surface area contributed by atoms with Gasteiger partial charge >= 0.3 is 5.97 Å². The van der Waals surface area contributed by atoms with Crippen molar-refractivity contribution < 1.29 is 40.0 Å². The zero-order chi connectivity index (χ0) is 30.7. The average Bonchev–Trinajstić information content (AvgIpc) is 3.42. The van der Waals surface area contributed by atoms with E-state index < -0.39 is 37.7 Å². The number of fused-ring (bicyclic) bond motifs is 2. The molecule has 228 valence electrons. The molecule has 1 fully saturated rings. The lowest BCUT2D eigenvalue weighted by molar-refractivity contribution is -0.668. The molecule has 14 heteroatoms. The standard InChI is InChI=1S/C28H34N2O8S4/c1-4-20(16-26-29(11-5-13-41(32,33)34)22-15-19(2)7-9-24(22)39-26)17-27-30(12-6-14-42(35,36)37)23-18-21(28(31)38-3)8-10-25(23)40-27/h7-10,15-18,22,24H,4-6,11-14H2,1-3H3,(H-,32,33,34,35,36,37). The molecule has 0 radical (unpaired) electrons. The van der Waals surface area contributed by atoms with E-state index in [0.717, 1.165) is 31.4 Å². The van der Waals surface area contributed by atoms with E-state index in [-0.39, 0.29) is 24.1 Å². The molecule has 1 aliphatic carbocycles. The van der Waals surface area contributed by atoms with Crippen LogP contribution in [0, 0.1) is 0 Å². The first-order valence-electron chi connectivity index (χ1n) is 13.4. The number of carbonyl (C=O) groups excluding carboxylic acids is 1. The summed E-state index contributed by atoms with van der Waals surface area (Å²) in [5.41, 5.74) is 3.23. The molecule has 0 saturated carbocycles. The summed E-state index contributed by atoms with van der Waals surface area (Å²) in [6.45, 7) is 4.77. The van der Waals surface area contributed by atoms with Gasteiger partial charge in [0.1, 0.15) is 4.70 Å². The van der Waals surface area contributed by atoms with E-state index in [1.54, 1.807) is 23.9 Å². The van der Waals surface area contributed by atoms with Gasteiger partial charge < -0.3 is 14.2 Å². The number of thioether (sulfide) groups is 1. The molecule has 1 aromatic heterocycles. The highest BCUT2D eigenvalue weighted by molar-refractivity contribution is 8.04. The minimum Gasteiger partial charge on any atom is -0.748 e. The fourth-order valence-corrected chi connectivity index (χ4v) is 8.44. The average molecular weight is 655 g/mol. The molecule has 0 bridgehead atoms. The third-order valence-electron chi connectivity index (χ3n) is 6.97. The van der Waals surface area contributed by atoms with Gasteiger partial charge in [-0.1, -0.05) is 53.8 Å². The molecule has 10 nitrogen and oxygen atoms in total. The molecule has 2 heterocycles. The molecule has 1 N–H and O–H groups in total. The number of hydrogen-bond donors (Lipinski definition) is 1. The van der Waals surface area contributed by atoms with Gasteiger partial charge in [0, 0.05) is 30.9 Å². The molecule has 2 unspecified atom stereocenters. The number of methoxy groups -OCH3 is 1. The number of aryl methyl sites for hydroxylation is 1. The van der Waals surface area contributed by atoms with Gasteiger partial charge in [0.25, 0.3) is 15.1 Å². The Balaban J connectivity index is 1.73. The Bertz CT molecular complexity index is 1690. The number of carbonyl (C=O) groups is 1. The summed E-state index contributed by atoms with van der Waals surface area (Å²) in [5, 5.41) is 1.98. The maximum Gasteiger partial charge on any atom is 0.338 e. The highest BCUT2D eigenvalue weighted by atomic mass is 32.2. The molecule has 1 saturated heterocycles. The van der Waals surface area contributed by atoms with Crippen LogP contribution in [0.25, 0.3) is 16.3 Å². The number of ether oxygens (including phenoxy) is 1. The molecular formula is C28H34N2O8S4. The van der Waals surface area contributed by atoms with Crippen LogP contribution in [0.4, 0.5) is 0 Å². The lowest BCUT2D eigenvalue weighted by Gasteiger charge is -2.28. The van der Waals surface area contributed by atoms with Gasteiger partial charge in [-0.3, -0.25) is 4.55 Å². The molecular weight excluding hydrogens is 621 g/mol.